The maximum Gasteiger partial charge on any atom is 0.276 e. The number of hydrogen-bond donors (Lipinski definition) is 1. The second-order valence-corrected chi connectivity index (χ2v) is 8.43. The second kappa shape index (κ2) is 8.73. The monoisotopic (exact) mass is 457 g/mol. The fourth-order valence-electron chi connectivity index (χ4n) is 4.19. The molecule has 0 bridgehead atoms. The number of aromatic hydroxyl groups is 1. The van der Waals surface area contributed by atoms with Crippen molar-refractivity contribution in [2.45, 2.75) is 25.3 Å². The lowest BCUT2D eigenvalue weighted by molar-refractivity contribution is 0.0634. The molecular weight excluding hydrogens is 437 g/mol. The van der Waals surface area contributed by atoms with Crippen LogP contribution in [0.4, 0.5) is 0 Å². The molecule has 160 valence electrons. The van der Waals surface area contributed by atoms with Gasteiger partial charge in [0.2, 0.25) is 5.43 Å². The number of amides is 1. The van der Waals surface area contributed by atoms with E-state index in [0.29, 0.717) is 23.1 Å². The molecule has 1 N–H and O–H groups in total. The number of fused-ring (bicyclic) bond motifs is 1. The molecule has 1 amide bonds. The topological polar surface area (TPSA) is 75.4 Å². The van der Waals surface area contributed by atoms with E-state index in [4.69, 9.17) is 23.2 Å². The molecule has 1 atom stereocenters. The first kappa shape index (κ1) is 21.4. The van der Waals surface area contributed by atoms with E-state index in [-0.39, 0.29) is 17.7 Å². The van der Waals surface area contributed by atoms with Gasteiger partial charge in [0.25, 0.3) is 5.91 Å². The molecule has 0 spiro atoms. The van der Waals surface area contributed by atoms with Crippen LogP contribution in [0, 0.1) is 0 Å². The Morgan fingerprint density at radius 2 is 1.71 bits per heavy atom. The van der Waals surface area contributed by atoms with Crippen molar-refractivity contribution in [3.05, 3.63) is 91.8 Å². The highest BCUT2D eigenvalue weighted by molar-refractivity contribution is 6.31. The van der Waals surface area contributed by atoms with Crippen LogP contribution in [-0.2, 0) is 0 Å². The highest BCUT2D eigenvalue weighted by atomic mass is 35.5. The molecule has 2 aromatic carbocycles. The molecule has 3 aromatic rings. The second-order valence-electron chi connectivity index (χ2n) is 7.56. The molecule has 1 aliphatic rings. The normalized spacial score (nSPS) is 15.9. The van der Waals surface area contributed by atoms with Crippen LogP contribution in [0.2, 0.25) is 10.0 Å². The zero-order valence-electron chi connectivity index (χ0n) is 16.8. The van der Waals surface area contributed by atoms with Crippen LogP contribution in [0.3, 0.4) is 0 Å². The minimum atomic E-state index is -0.682. The summed E-state index contributed by atoms with van der Waals surface area (Å²) in [4.78, 5) is 26.8. The van der Waals surface area contributed by atoms with Gasteiger partial charge in [0, 0.05) is 29.1 Å². The van der Waals surface area contributed by atoms with Crippen LogP contribution in [0.5, 0.6) is 5.75 Å². The SMILES string of the molecule is CCCN1C[C@H](C(c2cccc(Cl)c2)c2cccc(Cl)c2)n2ncc(=O)c(O)c2C1=O. The molecule has 0 unspecified atom stereocenters. The van der Waals surface area contributed by atoms with Gasteiger partial charge in [-0.15, -0.1) is 0 Å². The Bertz CT molecular complexity index is 1150. The van der Waals surface area contributed by atoms with Gasteiger partial charge in [0.15, 0.2) is 11.4 Å². The lowest BCUT2D eigenvalue weighted by Gasteiger charge is -2.39. The third kappa shape index (κ3) is 4.05. The van der Waals surface area contributed by atoms with Gasteiger partial charge in [-0.25, -0.2) is 0 Å². The quantitative estimate of drug-likeness (QED) is 0.611. The molecule has 8 heteroatoms. The van der Waals surface area contributed by atoms with Gasteiger partial charge < -0.3 is 10.0 Å². The Balaban J connectivity index is 1.96. The van der Waals surface area contributed by atoms with E-state index < -0.39 is 17.1 Å². The first-order valence-electron chi connectivity index (χ1n) is 10.0. The van der Waals surface area contributed by atoms with Gasteiger partial charge >= 0.3 is 0 Å². The number of halogens is 2. The predicted octanol–water partition coefficient (Wildman–Crippen LogP) is 4.49. The molecule has 0 fully saturated rings. The van der Waals surface area contributed by atoms with E-state index in [1.807, 2.05) is 43.3 Å². The van der Waals surface area contributed by atoms with Crippen LogP contribution < -0.4 is 5.43 Å². The van der Waals surface area contributed by atoms with Gasteiger partial charge in [-0.05, 0) is 41.8 Å². The lowest BCUT2D eigenvalue weighted by atomic mass is 9.83. The van der Waals surface area contributed by atoms with Crippen molar-refractivity contribution >= 4 is 29.1 Å². The molecule has 0 saturated carbocycles. The van der Waals surface area contributed by atoms with E-state index in [1.54, 1.807) is 17.0 Å². The summed E-state index contributed by atoms with van der Waals surface area (Å²) >= 11 is 12.6. The Hall–Kier alpha value is -2.83. The Morgan fingerprint density at radius 3 is 2.26 bits per heavy atom. The average Bonchev–Trinajstić information content (AvgIpc) is 2.74. The molecule has 6 nitrogen and oxygen atoms in total. The van der Waals surface area contributed by atoms with Crippen molar-refractivity contribution in [1.29, 1.82) is 0 Å². The van der Waals surface area contributed by atoms with Crippen molar-refractivity contribution in [1.82, 2.24) is 14.7 Å². The fraction of sp³-hybridized carbons (Fsp3) is 0.261. The van der Waals surface area contributed by atoms with Gasteiger partial charge in [0.1, 0.15) is 0 Å². The molecule has 0 saturated heterocycles. The predicted molar refractivity (Wildman–Crippen MR) is 120 cm³/mol. The number of hydrogen-bond acceptors (Lipinski definition) is 4. The summed E-state index contributed by atoms with van der Waals surface area (Å²) in [7, 11) is 0. The van der Waals surface area contributed by atoms with Crippen molar-refractivity contribution in [3.63, 3.8) is 0 Å². The van der Waals surface area contributed by atoms with Crippen molar-refractivity contribution in [3.8, 4) is 5.75 Å². The van der Waals surface area contributed by atoms with Gasteiger partial charge in [-0.3, -0.25) is 14.3 Å². The molecule has 1 aliphatic heterocycles. The minimum Gasteiger partial charge on any atom is -0.502 e. The summed E-state index contributed by atoms with van der Waals surface area (Å²) in [5.41, 5.74) is 1.05. The average molecular weight is 458 g/mol. The van der Waals surface area contributed by atoms with Crippen LogP contribution >= 0.6 is 23.2 Å². The van der Waals surface area contributed by atoms with Crippen LogP contribution in [0.25, 0.3) is 0 Å². The molecule has 4 rings (SSSR count). The molecule has 1 aromatic heterocycles. The third-order valence-corrected chi connectivity index (χ3v) is 5.96. The third-order valence-electron chi connectivity index (χ3n) is 5.49. The smallest absolute Gasteiger partial charge is 0.276 e. The summed E-state index contributed by atoms with van der Waals surface area (Å²) < 4.78 is 1.47. The number of nitrogens with zero attached hydrogens (tertiary/aromatic N) is 3. The zero-order valence-corrected chi connectivity index (χ0v) is 18.3. The summed E-state index contributed by atoms with van der Waals surface area (Å²) in [6.45, 7) is 2.83. The number of aromatic nitrogens is 2. The van der Waals surface area contributed by atoms with Crippen molar-refractivity contribution < 1.29 is 9.90 Å². The molecule has 0 radical (unpaired) electrons. The van der Waals surface area contributed by atoms with Gasteiger partial charge in [-0.2, -0.15) is 5.10 Å². The number of benzene rings is 2. The van der Waals surface area contributed by atoms with Gasteiger partial charge in [0.05, 0.1) is 12.2 Å². The fourth-order valence-corrected chi connectivity index (χ4v) is 4.59. The van der Waals surface area contributed by atoms with Gasteiger partial charge in [-0.1, -0.05) is 54.4 Å². The largest absolute Gasteiger partial charge is 0.502 e. The van der Waals surface area contributed by atoms with E-state index in [9.17, 15) is 14.7 Å². The van der Waals surface area contributed by atoms with E-state index in [1.165, 1.54) is 4.68 Å². The summed E-state index contributed by atoms with van der Waals surface area (Å²) in [6, 6.07) is 14.6. The Labute approximate surface area is 189 Å². The number of rotatable bonds is 5. The van der Waals surface area contributed by atoms with E-state index in [0.717, 1.165) is 23.7 Å². The highest BCUT2D eigenvalue weighted by Crippen LogP contribution is 2.40. The minimum absolute atomic E-state index is 0.0914. The van der Waals surface area contributed by atoms with Crippen molar-refractivity contribution in [2.75, 3.05) is 13.1 Å². The van der Waals surface area contributed by atoms with E-state index in [2.05, 4.69) is 5.10 Å². The van der Waals surface area contributed by atoms with E-state index >= 15 is 0 Å². The molecule has 2 heterocycles. The Kier molecular flexibility index (Phi) is 6.03. The maximum atomic E-state index is 13.1. The maximum absolute atomic E-state index is 13.1. The standard InChI is InChI=1S/C23H21Cl2N3O3/c1-2-9-27-13-18(28-21(23(27)31)22(30)19(29)12-26-28)20(14-5-3-7-16(24)10-14)15-6-4-8-17(25)11-15/h3-8,10-12,18,20,30H,2,9,13H2,1H3/t18-/m1/s1. The lowest BCUT2D eigenvalue weighted by Crippen LogP contribution is -2.47. The molecule has 31 heavy (non-hydrogen) atoms. The highest BCUT2D eigenvalue weighted by Gasteiger charge is 2.39. The van der Waals surface area contributed by atoms with Crippen LogP contribution in [0.15, 0.2) is 59.5 Å². The first-order chi connectivity index (χ1) is 14.9. The zero-order chi connectivity index (χ0) is 22.1. The number of carbonyl (C=O) groups is 1. The van der Waals surface area contributed by atoms with Crippen LogP contribution in [-0.4, -0.2) is 38.8 Å². The summed E-state index contributed by atoms with van der Waals surface area (Å²) in [6.07, 6.45) is 1.78. The van der Waals surface area contributed by atoms with Crippen molar-refractivity contribution in [2.24, 2.45) is 0 Å². The summed E-state index contributed by atoms with van der Waals surface area (Å²) in [5, 5.41) is 15.9. The van der Waals surface area contributed by atoms with Crippen LogP contribution in [0.1, 0.15) is 46.9 Å². The first-order valence-corrected chi connectivity index (χ1v) is 10.8. The Morgan fingerprint density at radius 1 is 1.10 bits per heavy atom. The molecular formula is C23H21Cl2N3O3. The summed E-state index contributed by atoms with van der Waals surface area (Å²) in [5.74, 6) is -1.27. The number of carbonyl (C=O) groups excluding carboxylic acids is 1. The molecule has 0 aliphatic carbocycles.